The van der Waals surface area contributed by atoms with E-state index in [1.807, 2.05) is 25.1 Å². The second kappa shape index (κ2) is 8.55. The molecule has 1 aliphatic rings. The Morgan fingerprint density at radius 1 is 1.11 bits per heavy atom. The van der Waals surface area contributed by atoms with Gasteiger partial charge in [-0.2, -0.15) is 0 Å². The van der Waals surface area contributed by atoms with Gasteiger partial charge < -0.3 is 15.1 Å². The van der Waals surface area contributed by atoms with E-state index in [2.05, 4.69) is 16.3 Å². The van der Waals surface area contributed by atoms with E-state index < -0.39 is 0 Å². The molecule has 1 aliphatic heterocycles. The summed E-state index contributed by atoms with van der Waals surface area (Å²) in [6.07, 6.45) is 0. The molecule has 1 atom stereocenters. The Labute approximate surface area is 164 Å². The number of hydrogen-bond acceptors (Lipinski definition) is 3. The summed E-state index contributed by atoms with van der Waals surface area (Å²) in [7, 11) is 0. The molecule has 2 aromatic carbocycles. The molecule has 5 nitrogen and oxygen atoms in total. The summed E-state index contributed by atoms with van der Waals surface area (Å²) in [6, 6.07) is 14.8. The van der Waals surface area contributed by atoms with E-state index in [9.17, 15) is 9.59 Å². The van der Waals surface area contributed by atoms with Gasteiger partial charge in [-0.25, -0.2) is 0 Å². The van der Waals surface area contributed by atoms with Gasteiger partial charge in [0.05, 0.1) is 26.2 Å². The molecule has 0 aromatic heterocycles. The largest absolute Gasteiger partial charge is 0.360 e. The predicted molar refractivity (Wildman–Crippen MR) is 109 cm³/mol. The van der Waals surface area contributed by atoms with Gasteiger partial charge in [0, 0.05) is 22.0 Å². The highest BCUT2D eigenvalue weighted by Gasteiger charge is 2.29. The second-order valence-electron chi connectivity index (χ2n) is 6.97. The molecule has 1 saturated heterocycles. The topological polar surface area (TPSA) is 53.9 Å². The molecule has 142 valence electrons. The zero-order valence-corrected chi connectivity index (χ0v) is 16.4. The summed E-state index contributed by atoms with van der Waals surface area (Å²) in [5, 5.41) is 3.69. The minimum atomic E-state index is -0.140. The lowest BCUT2D eigenvalue weighted by molar-refractivity contribution is -0.914. The van der Waals surface area contributed by atoms with E-state index in [0.717, 1.165) is 36.9 Å². The number of halogens is 1. The lowest BCUT2D eigenvalue weighted by Crippen LogP contribution is -3.19. The Morgan fingerprint density at radius 2 is 1.78 bits per heavy atom. The van der Waals surface area contributed by atoms with E-state index >= 15 is 0 Å². The van der Waals surface area contributed by atoms with Crippen molar-refractivity contribution in [3.63, 3.8) is 0 Å². The van der Waals surface area contributed by atoms with Crippen molar-refractivity contribution in [2.24, 2.45) is 0 Å². The van der Waals surface area contributed by atoms with Crippen LogP contribution in [0.5, 0.6) is 0 Å². The lowest BCUT2D eigenvalue weighted by atomic mass is 10.1. The number of rotatable bonds is 5. The van der Waals surface area contributed by atoms with Crippen molar-refractivity contribution in [3.8, 4) is 0 Å². The zero-order valence-electron chi connectivity index (χ0n) is 15.7. The zero-order chi connectivity index (χ0) is 19.4. The van der Waals surface area contributed by atoms with Gasteiger partial charge in [0.2, 0.25) is 0 Å². The number of benzene rings is 2. The Morgan fingerprint density at radius 3 is 2.37 bits per heavy atom. The Bertz CT molecular complexity index is 814. The van der Waals surface area contributed by atoms with Gasteiger partial charge in [0.15, 0.2) is 11.8 Å². The highest BCUT2D eigenvalue weighted by atomic mass is 35.5. The summed E-state index contributed by atoms with van der Waals surface area (Å²) in [4.78, 5) is 27.5. The van der Waals surface area contributed by atoms with Crippen molar-refractivity contribution in [3.05, 3.63) is 59.1 Å². The van der Waals surface area contributed by atoms with Crippen LogP contribution in [0.3, 0.4) is 0 Å². The fourth-order valence-corrected chi connectivity index (χ4v) is 3.57. The normalized spacial score (nSPS) is 16.0. The third kappa shape index (κ3) is 4.87. The van der Waals surface area contributed by atoms with Gasteiger partial charge in [0.25, 0.3) is 5.91 Å². The molecule has 1 fully saturated rings. The van der Waals surface area contributed by atoms with Crippen LogP contribution in [0.25, 0.3) is 0 Å². The van der Waals surface area contributed by atoms with E-state index in [1.165, 1.54) is 11.8 Å². The molecule has 0 unspecified atom stereocenters. The van der Waals surface area contributed by atoms with Crippen LogP contribution in [0.15, 0.2) is 48.5 Å². The predicted octanol–water partition coefficient (Wildman–Crippen LogP) is 2.27. The first-order chi connectivity index (χ1) is 12.9. The van der Waals surface area contributed by atoms with E-state index in [0.29, 0.717) is 11.3 Å². The van der Waals surface area contributed by atoms with Crippen molar-refractivity contribution >= 4 is 34.7 Å². The second-order valence-corrected chi connectivity index (χ2v) is 7.41. The first-order valence-electron chi connectivity index (χ1n) is 9.21. The number of ketones is 1. The molecule has 1 heterocycles. The van der Waals surface area contributed by atoms with Crippen molar-refractivity contribution in [2.75, 3.05) is 36.4 Å². The Hall–Kier alpha value is -2.37. The number of nitrogens with one attached hydrogen (secondary N) is 2. The standard InChI is InChI=1S/C21H24ClN3O2/c1-15(21(27)23-19-8-6-17(7-9-19)16(2)26)24-10-12-25(13-11-24)20-5-3-4-18(22)14-20/h3-9,14-15H,10-13H2,1-2H3,(H,23,27)/p+1/t15-/m1/s1. The minimum absolute atomic E-state index is 0.00298. The first kappa shape index (κ1) is 19.4. The van der Waals surface area contributed by atoms with Crippen molar-refractivity contribution < 1.29 is 14.5 Å². The van der Waals surface area contributed by atoms with Crippen LogP contribution in [0.1, 0.15) is 24.2 Å². The molecule has 27 heavy (non-hydrogen) atoms. The summed E-state index contributed by atoms with van der Waals surface area (Å²) in [5.41, 5.74) is 2.49. The summed E-state index contributed by atoms with van der Waals surface area (Å²) < 4.78 is 0. The molecule has 0 bridgehead atoms. The van der Waals surface area contributed by atoms with Crippen LogP contribution < -0.4 is 15.1 Å². The Kier molecular flexibility index (Phi) is 6.14. The minimum Gasteiger partial charge on any atom is -0.360 e. The van der Waals surface area contributed by atoms with Gasteiger partial charge in [-0.1, -0.05) is 17.7 Å². The number of carbonyl (C=O) groups excluding carboxylic acids is 2. The quantitative estimate of drug-likeness (QED) is 0.775. The summed E-state index contributed by atoms with van der Waals surface area (Å²) >= 11 is 6.09. The highest BCUT2D eigenvalue weighted by molar-refractivity contribution is 6.30. The van der Waals surface area contributed by atoms with E-state index in [4.69, 9.17) is 11.6 Å². The van der Waals surface area contributed by atoms with Crippen molar-refractivity contribution in [1.29, 1.82) is 0 Å². The molecule has 2 aromatic rings. The average molecular weight is 387 g/mol. The molecule has 0 radical (unpaired) electrons. The average Bonchev–Trinajstić information content (AvgIpc) is 2.68. The molecular weight excluding hydrogens is 362 g/mol. The smallest absolute Gasteiger partial charge is 0.282 e. The molecule has 0 aliphatic carbocycles. The van der Waals surface area contributed by atoms with Crippen LogP contribution >= 0.6 is 11.6 Å². The van der Waals surface area contributed by atoms with Crippen LogP contribution in [-0.4, -0.2) is 43.9 Å². The number of quaternary nitrogens is 1. The van der Waals surface area contributed by atoms with Crippen LogP contribution in [-0.2, 0) is 4.79 Å². The number of hydrogen-bond donors (Lipinski definition) is 2. The molecule has 6 heteroatoms. The maximum absolute atomic E-state index is 12.6. The fourth-order valence-electron chi connectivity index (χ4n) is 3.38. The number of Topliss-reactive ketones (excluding diaryl/α,β-unsaturated/α-hetero) is 1. The number of anilines is 2. The maximum atomic E-state index is 12.6. The number of nitrogens with zero attached hydrogens (tertiary/aromatic N) is 1. The van der Waals surface area contributed by atoms with Gasteiger partial charge in [-0.05, 0) is 56.3 Å². The molecule has 2 N–H and O–H groups in total. The van der Waals surface area contributed by atoms with Crippen LogP contribution in [0.2, 0.25) is 5.02 Å². The van der Waals surface area contributed by atoms with E-state index in [-0.39, 0.29) is 17.7 Å². The summed E-state index contributed by atoms with van der Waals surface area (Å²) in [6.45, 7) is 7.06. The molecule has 0 saturated carbocycles. The van der Waals surface area contributed by atoms with Crippen LogP contribution in [0, 0.1) is 0 Å². The monoisotopic (exact) mass is 386 g/mol. The van der Waals surface area contributed by atoms with Gasteiger partial charge in [-0.3, -0.25) is 9.59 Å². The molecular formula is C21H25ClN3O2+. The molecule has 3 rings (SSSR count). The Balaban J connectivity index is 1.54. The van der Waals surface area contributed by atoms with E-state index in [1.54, 1.807) is 24.3 Å². The lowest BCUT2D eigenvalue weighted by Gasteiger charge is -2.36. The van der Waals surface area contributed by atoms with Crippen LogP contribution in [0.4, 0.5) is 11.4 Å². The number of amides is 1. The third-order valence-corrected chi connectivity index (χ3v) is 5.38. The third-order valence-electron chi connectivity index (χ3n) is 5.14. The van der Waals surface area contributed by atoms with Crippen molar-refractivity contribution in [1.82, 2.24) is 0 Å². The van der Waals surface area contributed by atoms with Crippen molar-refractivity contribution in [2.45, 2.75) is 19.9 Å². The fraction of sp³-hybridized carbons (Fsp3) is 0.333. The number of carbonyl (C=O) groups is 2. The molecule has 1 amide bonds. The van der Waals surface area contributed by atoms with Gasteiger partial charge >= 0.3 is 0 Å². The van der Waals surface area contributed by atoms with Gasteiger partial charge in [0.1, 0.15) is 0 Å². The maximum Gasteiger partial charge on any atom is 0.282 e. The summed E-state index contributed by atoms with van der Waals surface area (Å²) in [5.74, 6) is 0.0139. The first-order valence-corrected chi connectivity index (χ1v) is 9.59. The molecule has 0 spiro atoms. The van der Waals surface area contributed by atoms with Gasteiger partial charge in [-0.15, -0.1) is 0 Å². The SMILES string of the molecule is CC(=O)c1ccc(NC(=O)[C@@H](C)[NH+]2CCN(c3cccc(Cl)c3)CC2)cc1. The highest BCUT2D eigenvalue weighted by Crippen LogP contribution is 2.19. The number of piperazine rings is 1.